The van der Waals surface area contributed by atoms with Crippen molar-refractivity contribution in [2.75, 3.05) is 18.5 Å². The van der Waals surface area contributed by atoms with E-state index in [1.54, 1.807) is 12.1 Å². The zero-order chi connectivity index (χ0) is 14.5. The second kappa shape index (κ2) is 6.39. The molecule has 4 heteroatoms. The maximum Gasteiger partial charge on any atom is 0.336 e. The molecule has 1 atom stereocenters. The summed E-state index contributed by atoms with van der Waals surface area (Å²) in [5, 5.41) is 23.1. The molecule has 0 radical (unpaired) electrons. The summed E-state index contributed by atoms with van der Waals surface area (Å²) in [6.07, 6.45) is 0.748. The van der Waals surface area contributed by atoms with Crippen molar-refractivity contribution in [2.45, 2.75) is 13.3 Å². The monoisotopic (exact) mass is 273 g/mol. The van der Waals surface area contributed by atoms with E-state index in [0.29, 0.717) is 11.5 Å². The molecule has 0 aromatic heterocycles. The minimum absolute atomic E-state index is 0.182. The van der Waals surface area contributed by atoms with Gasteiger partial charge in [-0.1, -0.05) is 31.2 Å². The number of aromatic carboxylic acids is 1. The van der Waals surface area contributed by atoms with Crippen molar-refractivity contribution in [3.63, 3.8) is 0 Å². The molecule has 0 heterocycles. The van der Waals surface area contributed by atoms with Crippen LogP contribution in [-0.4, -0.2) is 29.3 Å². The van der Waals surface area contributed by atoms with Crippen molar-refractivity contribution in [3.05, 3.63) is 42.0 Å². The quantitative estimate of drug-likeness (QED) is 0.756. The molecule has 0 fully saturated rings. The number of carbonyl (C=O) groups is 1. The summed E-state index contributed by atoms with van der Waals surface area (Å²) in [5.41, 5.74) is 1.24. The number of hydrogen-bond acceptors (Lipinski definition) is 3. The second-order valence-corrected chi connectivity index (χ2v) is 5.01. The fourth-order valence-electron chi connectivity index (χ4n) is 2.25. The third-order valence-corrected chi connectivity index (χ3v) is 3.42. The molecular weight excluding hydrogens is 254 g/mol. The molecule has 1 unspecified atom stereocenters. The van der Waals surface area contributed by atoms with Crippen LogP contribution in [0, 0.1) is 5.92 Å². The number of aliphatic hydroxyl groups is 1. The van der Waals surface area contributed by atoms with E-state index in [2.05, 4.69) is 12.2 Å². The van der Waals surface area contributed by atoms with E-state index in [1.807, 2.05) is 24.3 Å². The SMILES string of the molecule is CC(CCO)CNc1ccc(C(=O)O)c2ccccc12. The predicted molar refractivity (Wildman–Crippen MR) is 80.3 cm³/mol. The lowest BCUT2D eigenvalue weighted by Gasteiger charge is -2.15. The van der Waals surface area contributed by atoms with Gasteiger partial charge in [0.25, 0.3) is 0 Å². The maximum absolute atomic E-state index is 11.2. The van der Waals surface area contributed by atoms with Crippen LogP contribution in [0.1, 0.15) is 23.7 Å². The van der Waals surface area contributed by atoms with Crippen molar-refractivity contribution in [1.29, 1.82) is 0 Å². The molecule has 0 saturated carbocycles. The van der Waals surface area contributed by atoms with Crippen molar-refractivity contribution in [1.82, 2.24) is 0 Å². The highest BCUT2D eigenvalue weighted by atomic mass is 16.4. The van der Waals surface area contributed by atoms with Gasteiger partial charge in [-0.05, 0) is 29.9 Å². The predicted octanol–water partition coefficient (Wildman–Crippen LogP) is 2.97. The van der Waals surface area contributed by atoms with E-state index in [1.165, 1.54) is 0 Å². The van der Waals surface area contributed by atoms with Gasteiger partial charge in [-0.25, -0.2) is 4.79 Å². The van der Waals surface area contributed by atoms with Crippen LogP contribution in [0.5, 0.6) is 0 Å². The Bertz CT molecular complexity index is 610. The van der Waals surface area contributed by atoms with Crippen LogP contribution in [0.2, 0.25) is 0 Å². The Balaban J connectivity index is 2.31. The summed E-state index contributed by atoms with van der Waals surface area (Å²) < 4.78 is 0. The van der Waals surface area contributed by atoms with E-state index in [4.69, 9.17) is 5.11 Å². The Kier molecular flexibility index (Phi) is 4.58. The second-order valence-electron chi connectivity index (χ2n) is 5.01. The molecule has 2 rings (SSSR count). The molecule has 2 aromatic rings. The number of fused-ring (bicyclic) bond motifs is 1. The van der Waals surface area contributed by atoms with Gasteiger partial charge >= 0.3 is 5.97 Å². The van der Waals surface area contributed by atoms with Gasteiger partial charge in [0.2, 0.25) is 0 Å². The first-order chi connectivity index (χ1) is 9.63. The van der Waals surface area contributed by atoms with E-state index in [-0.39, 0.29) is 6.61 Å². The smallest absolute Gasteiger partial charge is 0.336 e. The van der Waals surface area contributed by atoms with Crippen LogP contribution in [0.25, 0.3) is 10.8 Å². The Morgan fingerprint density at radius 2 is 1.90 bits per heavy atom. The van der Waals surface area contributed by atoms with Gasteiger partial charge in [-0.2, -0.15) is 0 Å². The van der Waals surface area contributed by atoms with Gasteiger partial charge in [-0.15, -0.1) is 0 Å². The summed E-state index contributed by atoms with van der Waals surface area (Å²) in [4.78, 5) is 11.2. The van der Waals surface area contributed by atoms with E-state index in [9.17, 15) is 9.90 Å². The van der Waals surface area contributed by atoms with Gasteiger partial charge < -0.3 is 15.5 Å². The molecule has 0 amide bonds. The van der Waals surface area contributed by atoms with Gasteiger partial charge in [0.15, 0.2) is 0 Å². The third-order valence-electron chi connectivity index (χ3n) is 3.42. The Labute approximate surface area is 118 Å². The van der Waals surface area contributed by atoms with Gasteiger partial charge in [0.1, 0.15) is 0 Å². The van der Waals surface area contributed by atoms with E-state index < -0.39 is 5.97 Å². The Hall–Kier alpha value is -2.07. The molecular formula is C16H19NO3. The summed E-state index contributed by atoms with van der Waals surface area (Å²) in [6.45, 7) is 3.00. The number of carboxylic acids is 1. The summed E-state index contributed by atoms with van der Waals surface area (Å²) in [7, 11) is 0. The minimum Gasteiger partial charge on any atom is -0.478 e. The van der Waals surface area contributed by atoms with E-state index in [0.717, 1.165) is 29.4 Å². The molecule has 0 bridgehead atoms. The van der Waals surface area contributed by atoms with Crippen molar-refractivity contribution in [3.8, 4) is 0 Å². The van der Waals surface area contributed by atoms with Crippen LogP contribution in [0.3, 0.4) is 0 Å². The van der Waals surface area contributed by atoms with Crippen LogP contribution in [-0.2, 0) is 0 Å². The summed E-state index contributed by atoms with van der Waals surface area (Å²) >= 11 is 0. The van der Waals surface area contributed by atoms with Gasteiger partial charge in [-0.3, -0.25) is 0 Å². The van der Waals surface area contributed by atoms with E-state index >= 15 is 0 Å². The zero-order valence-electron chi connectivity index (χ0n) is 11.5. The number of aliphatic hydroxyl groups excluding tert-OH is 1. The Morgan fingerprint density at radius 3 is 2.55 bits per heavy atom. The first-order valence-electron chi connectivity index (χ1n) is 6.73. The molecule has 0 saturated heterocycles. The molecule has 106 valence electrons. The average Bonchev–Trinajstić information content (AvgIpc) is 2.44. The lowest BCUT2D eigenvalue weighted by Crippen LogP contribution is -2.13. The topological polar surface area (TPSA) is 69.6 Å². The number of hydrogen-bond donors (Lipinski definition) is 3. The van der Waals surface area contributed by atoms with Crippen LogP contribution in [0.4, 0.5) is 5.69 Å². The minimum atomic E-state index is -0.915. The molecule has 20 heavy (non-hydrogen) atoms. The summed E-state index contributed by atoms with van der Waals surface area (Å²) in [5.74, 6) is -0.556. The molecule has 0 aliphatic heterocycles. The Morgan fingerprint density at radius 1 is 1.20 bits per heavy atom. The highest BCUT2D eigenvalue weighted by Gasteiger charge is 2.11. The molecule has 2 aromatic carbocycles. The summed E-state index contributed by atoms with van der Waals surface area (Å²) in [6, 6.07) is 10.9. The average molecular weight is 273 g/mol. The lowest BCUT2D eigenvalue weighted by molar-refractivity contribution is 0.0699. The fourth-order valence-corrected chi connectivity index (χ4v) is 2.25. The molecule has 4 nitrogen and oxygen atoms in total. The van der Waals surface area contributed by atoms with Crippen molar-refractivity contribution in [2.24, 2.45) is 5.92 Å². The molecule has 3 N–H and O–H groups in total. The number of nitrogens with one attached hydrogen (secondary N) is 1. The highest BCUT2D eigenvalue weighted by Crippen LogP contribution is 2.27. The first-order valence-corrected chi connectivity index (χ1v) is 6.73. The van der Waals surface area contributed by atoms with Crippen LogP contribution < -0.4 is 5.32 Å². The van der Waals surface area contributed by atoms with Gasteiger partial charge in [0.05, 0.1) is 5.56 Å². The standard InChI is InChI=1S/C16H19NO3/c1-11(8-9-18)10-17-15-7-6-14(16(19)20)12-4-2-3-5-13(12)15/h2-7,11,17-18H,8-10H2,1H3,(H,19,20). The number of carboxylic acid groups (broad SMARTS) is 1. The maximum atomic E-state index is 11.2. The number of anilines is 1. The third kappa shape index (κ3) is 3.08. The largest absolute Gasteiger partial charge is 0.478 e. The fraction of sp³-hybridized carbons (Fsp3) is 0.312. The molecule has 0 aliphatic carbocycles. The lowest BCUT2D eigenvalue weighted by atomic mass is 10.0. The highest BCUT2D eigenvalue weighted by molar-refractivity contribution is 6.07. The molecule has 0 aliphatic rings. The zero-order valence-corrected chi connectivity index (χ0v) is 11.5. The van der Waals surface area contributed by atoms with Crippen LogP contribution in [0.15, 0.2) is 36.4 Å². The van der Waals surface area contributed by atoms with Crippen molar-refractivity contribution >= 4 is 22.4 Å². The van der Waals surface area contributed by atoms with Crippen LogP contribution >= 0.6 is 0 Å². The first kappa shape index (κ1) is 14.3. The number of rotatable bonds is 6. The normalized spacial score (nSPS) is 12.3. The molecule has 0 spiro atoms. The number of benzene rings is 2. The van der Waals surface area contributed by atoms with Crippen molar-refractivity contribution < 1.29 is 15.0 Å². The van der Waals surface area contributed by atoms with Gasteiger partial charge in [0, 0.05) is 24.2 Å².